The fourth-order valence-corrected chi connectivity index (χ4v) is 5.42. The molecule has 208 valence electrons. The van der Waals surface area contributed by atoms with Crippen LogP contribution in [0.3, 0.4) is 0 Å². The van der Waals surface area contributed by atoms with E-state index in [9.17, 15) is 36.6 Å². The van der Waals surface area contributed by atoms with E-state index < -0.39 is 54.5 Å². The maximum Gasteiger partial charge on any atom is 0.417 e. The molecule has 0 spiro atoms. The lowest BCUT2D eigenvalue weighted by atomic mass is 10.0. The van der Waals surface area contributed by atoms with E-state index >= 15 is 0 Å². The minimum atomic E-state index is -4.61. The lowest BCUT2D eigenvalue weighted by molar-refractivity contribution is -0.138. The van der Waals surface area contributed by atoms with Crippen molar-refractivity contribution >= 4 is 11.9 Å². The van der Waals surface area contributed by atoms with Crippen LogP contribution in [0.1, 0.15) is 67.5 Å². The van der Waals surface area contributed by atoms with Gasteiger partial charge in [0.05, 0.1) is 23.7 Å². The average Bonchev–Trinajstić information content (AvgIpc) is 3.58. The molecule has 1 aliphatic heterocycles. The molecule has 1 saturated carbocycles. The number of benzene rings is 1. The van der Waals surface area contributed by atoms with Crippen molar-refractivity contribution in [2.45, 2.75) is 82.1 Å². The molecule has 2 heterocycles. The molecular formula is C26H31F5N4O3. The first-order valence-electron chi connectivity index (χ1n) is 12.7. The third kappa shape index (κ3) is 6.33. The maximum atomic E-state index is 13.8. The molecule has 38 heavy (non-hydrogen) atoms. The first-order chi connectivity index (χ1) is 17.9. The summed E-state index contributed by atoms with van der Waals surface area (Å²) < 4.78 is 70.1. The Morgan fingerprint density at radius 3 is 2.37 bits per heavy atom. The molecule has 2 aromatic rings. The predicted octanol–water partition coefficient (Wildman–Crippen LogP) is 5.03. The first kappa shape index (κ1) is 28.0. The molecule has 4 atom stereocenters. The second-order valence-corrected chi connectivity index (χ2v) is 10.2. The molecule has 2 fully saturated rings. The summed E-state index contributed by atoms with van der Waals surface area (Å²) in [6.07, 6.45) is -4.97. The van der Waals surface area contributed by atoms with Gasteiger partial charge >= 0.3 is 12.1 Å². The number of aliphatic carboxylic acids is 1. The van der Waals surface area contributed by atoms with E-state index in [0.29, 0.717) is 12.8 Å². The highest BCUT2D eigenvalue weighted by Crippen LogP contribution is 2.40. The number of nitrogens with zero attached hydrogens (tertiary/aromatic N) is 3. The second kappa shape index (κ2) is 11.4. The van der Waals surface area contributed by atoms with Gasteiger partial charge in [0, 0.05) is 30.7 Å². The Morgan fingerprint density at radius 1 is 1.13 bits per heavy atom. The van der Waals surface area contributed by atoms with Gasteiger partial charge in [-0.25, -0.2) is 8.78 Å². The maximum absolute atomic E-state index is 13.8. The number of alkyl halides is 5. The summed E-state index contributed by atoms with van der Waals surface area (Å²) in [6, 6.07) is 4.95. The summed E-state index contributed by atoms with van der Waals surface area (Å²) in [5.41, 5.74) is -0.893. The van der Waals surface area contributed by atoms with Crippen molar-refractivity contribution < 1.29 is 36.6 Å². The van der Waals surface area contributed by atoms with Crippen molar-refractivity contribution in [1.82, 2.24) is 20.0 Å². The van der Waals surface area contributed by atoms with Crippen LogP contribution >= 0.6 is 0 Å². The standard InChI is InChI=1S/C26H31F5N4O3/c1-15(34-13-20(27)21(28)14-34)10-16(11-24(36)37)32-25(38)22-12-23(35(33-22)17-6-2-3-7-17)18-8-4-5-9-19(18)26(29,30)31/h4-5,8-9,12,15-17,20-21H,2-3,6-7,10-11,13-14H2,1H3,(H,32,38)(H,36,37)/t15?,16-,20+,21+/m0/s1. The Bertz CT molecular complexity index is 1140. The number of carbonyl (C=O) groups is 2. The van der Waals surface area contributed by atoms with Crippen LogP contribution in [0.2, 0.25) is 0 Å². The number of hydrogen-bond donors (Lipinski definition) is 2. The van der Waals surface area contributed by atoms with E-state index in [-0.39, 0.29) is 42.5 Å². The predicted molar refractivity (Wildman–Crippen MR) is 129 cm³/mol. The number of nitrogens with one attached hydrogen (secondary N) is 1. The highest BCUT2D eigenvalue weighted by molar-refractivity contribution is 5.94. The number of likely N-dealkylation sites (tertiary alicyclic amines) is 1. The summed E-state index contributed by atoms with van der Waals surface area (Å²) >= 11 is 0. The van der Waals surface area contributed by atoms with Gasteiger partial charge in [0.2, 0.25) is 0 Å². The van der Waals surface area contributed by atoms with Crippen molar-refractivity contribution in [2.75, 3.05) is 13.1 Å². The first-order valence-corrected chi connectivity index (χ1v) is 12.7. The Hall–Kier alpha value is -3.02. The van der Waals surface area contributed by atoms with Crippen molar-refractivity contribution in [2.24, 2.45) is 0 Å². The monoisotopic (exact) mass is 542 g/mol. The molecule has 2 N–H and O–H groups in total. The van der Waals surface area contributed by atoms with Crippen molar-refractivity contribution in [3.8, 4) is 11.3 Å². The third-order valence-corrected chi connectivity index (χ3v) is 7.36. The lowest BCUT2D eigenvalue weighted by Crippen LogP contribution is -2.42. The minimum absolute atomic E-state index is 0.0928. The van der Waals surface area contributed by atoms with Gasteiger partial charge in [0.1, 0.15) is 12.3 Å². The van der Waals surface area contributed by atoms with E-state index in [4.69, 9.17) is 0 Å². The van der Waals surface area contributed by atoms with Crippen LogP contribution in [0.25, 0.3) is 11.3 Å². The zero-order chi connectivity index (χ0) is 27.6. The summed E-state index contributed by atoms with van der Waals surface area (Å²) in [5, 5.41) is 16.4. The Kier molecular flexibility index (Phi) is 8.39. The number of amides is 1. The molecule has 7 nitrogen and oxygen atoms in total. The Balaban J connectivity index is 1.60. The number of halogens is 5. The molecule has 0 bridgehead atoms. The van der Waals surface area contributed by atoms with Gasteiger partial charge in [-0.05, 0) is 38.3 Å². The average molecular weight is 543 g/mol. The van der Waals surface area contributed by atoms with Gasteiger partial charge < -0.3 is 10.4 Å². The number of carbonyl (C=O) groups excluding carboxylic acids is 1. The fourth-order valence-electron chi connectivity index (χ4n) is 5.42. The van der Waals surface area contributed by atoms with Crippen molar-refractivity contribution in [3.05, 3.63) is 41.6 Å². The third-order valence-electron chi connectivity index (χ3n) is 7.36. The normalized spacial score (nSPS) is 22.5. The van der Waals surface area contributed by atoms with E-state index in [0.717, 1.165) is 18.9 Å². The zero-order valence-corrected chi connectivity index (χ0v) is 20.9. The van der Waals surface area contributed by atoms with Crippen LogP contribution < -0.4 is 5.32 Å². The van der Waals surface area contributed by atoms with Crippen LogP contribution in [-0.4, -0.2) is 69.2 Å². The van der Waals surface area contributed by atoms with E-state index in [1.54, 1.807) is 11.8 Å². The largest absolute Gasteiger partial charge is 0.481 e. The fraction of sp³-hybridized carbons (Fsp3) is 0.577. The molecule has 2 aliphatic rings. The second-order valence-electron chi connectivity index (χ2n) is 10.2. The van der Waals surface area contributed by atoms with E-state index in [1.807, 2.05) is 0 Å². The smallest absolute Gasteiger partial charge is 0.417 e. The Morgan fingerprint density at radius 2 is 1.76 bits per heavy atom. The summed E-state index contributed by atoms with van der Waals surface area (Å²) in [6.45, 7) is 1.46. The van der Waals surface area contributed by atoms with E-state index in [1.165, 1.54) is 28.9 Å². The minimum Gasteiger partial charge on any atom is -0.481 e. The van der Waals surface area contributed by atoms with Gasteiger partial charge in [-0.3, -0.25) is 19.2 Å². The quantitative estimate of drug-likeness (QED) is 0.434. The molecule has 0 radical (unpaired) electrons. The molecular weight excluding hydrogens is 511 g/mol. The Labute approximate surface area is 217 Å². The lowest BCUT2D eigenvalue weighted by Gasteiger charge is -2.27. The van der Waals surface area contributed by atoms with Gasteiger partial charge in [-0.2, -0.15) is 18.3 Å². The molecule has 12 heteroatoms. The molecule has 1 saturated heterocycles. The molecule has 1 amide bonds. The van der Waals surface area contributed by atoms with Crippen LogP contribution in [0, 0.1) is 0 Å². The SMILES string of the molecule is CC(C[C@@H](CC(=O)O)NC(=O)c1cc(-c2ccccc2C(F)(F)F)n(C2CCCC2)n1)N1C[C@@H](F)[C@H](F)C1. The number of carboxylic acids is 1. The van der Waals surface area contributed by atoms with Crippen LogP contribution in [0.15, 0.2) is 30.3 Å². The molecule has 1 aromatic heterocycles. The van der Waals surface area contributed by atoms with Gasteiger partial charge in [0.25, 0.3) is 5.91 Å². The van der Waals surface area contributed by atoms with Gasteiger partial charge in [-0.15, -0.1) is 0 Å². The topological polar surface area (TPSA) is 87.5 Å². The molecule has 4 rings (SSSR count). The van der Waals surface area contributed by atoms with E-state index in [2.05, 4.69) is 10.4 Å². The summed E-state index contributed by atoms with van der Waals surface area (Å²) in [7, 11) is 0. The van der Waals surface area contributed by atoms with Crippen molar-refractivity contribution in [3.63, 3.8) is 0 Å². The van der Waals surface area contributed by atoms with Crippen LogP contribution in [0.4, 0.5) is 22.0 Å². The highest BCUT2D eigenvalue weighted by Gasteiger charge is 2.37. The molecule has 1 aliphatic carbocycles. The number of rotatable bonds is 9. The van der Waals surface area contributed by atoms with Crippen LogP contribution in [0.5, 0.6) is 0 Å². The summed E-state index contributed by atoms with van der Waals surface area (Å²) in [4.78, 5) is 26.2. The van der Waals surface area contributed by atoms with Gasteiger partial charge in [0.15, 0.2) is 5.69 Å². The van der Waals surface area contributed by atoms with Crippen LogP contribution in [-0.2, 0) is 11.0 Å². The number of aromatic nitrogens is 2. The summed E-state index contributed by atoms with van der Waals surface area (Å²) in [5.74, 6) is -1.90. The molecule has 1 aromatic carbocycles. The highest BCUT2D eigenvalue weighted by atomic mass is 19.4. The number of carboxylic acid groups (broad SMARTS) is 1. The zero-order valence-electron chi connectivity index (χ0n) is 20.9. The molecule has 1 unspecified atom stereocenters. The van der Waals surface area contributed by atoms with Gasteiger partial charge in [-0.1, -0.05) is 31.0 Å². The van der Waals surface area contributed by atoms with Crippen molar-refractivity contribution in [1.29, 1.82) is 0 Å². The number of hydrogen-bond acceptors (Lipinski definition) is 4.